The minimum atomic E-state index is -0.254. The molecule has 1 heterocycles. The van der Waals surface area contributed by atoms with E-state index in [0.29, 0.717) is 29.3 Å². The average molecular weight is 307 g/mol. The highest BCUT2D eigenvalue weighted by Gasteiger charge is 2.29. The molecule has 1 aromatic heterocycles. The topological polar surface area (TPSA) is 81.1 Å². The minimum Gasteiger partial charge on any atom is -0.446 e. The van der Waals surface area contributed by atoms with Crippen LogP contribution in [0.4, 0.5) is 0 Å². The van der Waals surface area contributed by atoms with Gasteiger partial charge in [0.15, 0.2) is 5.69 Å². The zero-order valence-electron chi connectivity index (χ0n) is 14.1. The molecule has 1 saturated carbocycles. The molecule has 0 aliphatic heterocycles. The molecule has 0 saturated heterocycles. The van der Waals surface area contributed by atoms with Crippen LogP contribution in [0.25, 0.3) is 0 Å². The molecular formula is C17H29N3O2. The Balaban J connectivity index is 1.97. The van der Waals surface area contributed by atoms with Crippen molar-refractivity contribution in [1.82, 2.24) is 10.3 Å². The van der Waals surface area contributed by atoms with Crippen LogP contribution in [0, 0.1) is 17.8 Å². The molecule has 1 aliphatic rings. The zero-order chi connectivity index (χ0) is 16.3. The highest BCUT2D eigenvalue weighted by atomic mass is 16.3. The number of amides is 1. The third-order valence-electron chi connectivity index (χ3n) is 4.82. The summed E-state index contributed by atoms with van der Waals surface area (Å²) in [5.41, 5.74) is 6.38. The summed E-state index contributed by atoms with van der Waals surface area (Å²) in [5, 5.41) is 3.11. The van der Waals surface area contributed by atoms with Crippen LogP contribution in [0.3, 0.4) is 0 Å². The number of nitrogens with zero attached hydrogens (tertiary/aromatic N) is 1. The van der Waals surface area contributed by atoms with Crippen molar-refractivity contribution >= 4 is 5.91 Å². The summed E-state index contributed by atoms with van der Waals surface area (Å²) in [4.78, 5) is 16.6. The van der Waals surface area contributed by atoms with Crippen molar-refractivity contribution in [2.45, 2.75) is 65.5 Å². The predicted molar refractivity (Wildman–Crippen MR) is 86.3 cm³/mol. The summed E-state index contributed by atoms with van der Waals surface area (Å²) in [6.45, 7) is 8.66. The molecule has 4 unspecified atom stereocenters. The maximum atomic E-state index is 12.3. The molecule has 1 aromatic rings. The van der Waals surface area contributed by atoms with Gasteiger partial charge in [-0.2, -0.15) is 0 Å². The molecule has 2 rings (SSSR count). The minimum absolute atomic E-state index is 0.155. The number of carbonyl (C=O) groups excluding carboxylic acids is 1. The van der Waals surface area contributed by atoms with Crippen LogP contribution in [-0.4, -0.2) is 16.9 Å². The fourth-order valence-corrected chi connectivity index (χ4v) is 3.20. The Morgan fingerprint density at radius 1 is 1.45 bits per heavy atom. The summed E-state index contributed by atoms with van der Waals surface area (Å²) >= 11 is 0. The van der Waals surface area contributed by atoms with Gasteiger partial charge in [-0.15, -0.1) is 0 Å². The first kappa shape index (κ1) is 17.0. The van der Waals surface area contributed by atoms with Gasteiger partial charge in [-0.3, -0.25) is 4.79 Å². The molecule has 0 radical (unpaired) electrons. The Kier molecular flexibility index (Phi) is 5.62. The molecule has 22 heavy (non-hydrogen) atoms. The second kappa shape index (κ2) is 7.27. The van der Waals surface area contributed by atoms with Gasteiger partial charge in [-0.25, -0.2) is 4.98 Å². The van der Waals surface area contributed by atoms with Crippen molar-refractivity contribution < 1.29 is 9.21 Å². The molecular weight excluding hydrogens is 278 g/mol. The van der Waals surface area contributed by atoms with Crippen LogP contribution in [0.1, 0.15) is 75.8 Å². The SMILES string of the molecule is CC(C)CC(N)c1nc(C(=O)NC2CCCC(C)C2C)co1. The third kappa shape index (κ3) is 4.09. The van der Waals surface area contributed by atoms with Gasteiger partial charge in [-0.05, 0) is 30.6 Å². The fourth-order valence-electron chi connectivity index (χ4n) is 3.20. The first-order valence-corrected chi connectivity index (χ1v) is 8.40. The van der Waals surface area contributed by atoms with Crippen molar-refractivity contribution in [2.24, 2.45) is 23.5 Å². The van der Waals surface area contributed by atoms with E-state index in [1.807, 2.05) is 0 Å². The lowest BCUT2D eigenvalue weighted by molar-refractivity contribution is 0.0886. The zero-order valence-corrected chi connectivity index (χ0v) is 14.1. The molecule has 5 heteroatoms. The first-order valence-electron chi connectivity index (χ1n) is 8.40. The van der Waals surface area contributed by atoms with E-state index >= 15 is 0 Å². The van der Waals surface area contributed by atoms with E-state index in [4.69, 9.17) is 10.2 Å². The largest absolute Gasteiger partial charge is 0.446 e. The molecule has 124 valence electrons. The van der Waals surface area contributed by atoms with E-state index in [9.17, 15) is 4.79 Å². The lowest BCUT2D eigenvalue weighted by Gasteiger charge is -2.34. The Bertz CT molecular complexity index is 498. The summed E-state index contributed by atoms with van der Waals surface area (Å²) in [5.74, 6) is 1.89. The van der Waals surface area contributed by atoms with Crippen LogP contribution in [0.5, 0.6) is 0 Å². The molecule has 3 N–H and O–H groups in total. The second-order valence-corrected chi connectivity index (χ2v) is 7.15. The predicted octanol–water partition coefficient (Wildman–Crippen LogP) is 3.28. The molecule has 1 amide bonds. The Labute approximate surface area is 133 Å². The monoisotopic (exact) mass is 307 g/mol. The highest BCUT2D eigenvalue weighted by molar-refractivity contribution is 5.92. The molecule has 0 spiro atoms. The number of aromatic nitrogens is 1. The van der Waals surface area contributed by atoms with Gasteiger partial charge in [0.1, 0.15) is 6.26 Å². The fraction of sp³-hybridized carbons (Fsp3) is 0.765. The van der Waals surface area contributed by atoms with Gasteiger partial charge in [0.2, 0.25) is 5.89 Å². The van der Waals surface area contributed by atoms with E-state index in [-0.39, 0.29) is 18.0 Å². The van der Waals surface area contributed by atoms with E-state index in [2.05, 4.69) is 38.0 Å². The summed E-state index contributed by atoms with van der Waals surface area (Å²) in [7, 11) is 0. The number of hydrogen-bond acceptors (Lipinski definition) is 4. The Morgan fingerprint density at radius 3 is 2.86 bits per heavy atom. The van der Waals surface area contributed by atoms with Crippen molar-refractivity contribution in [3.63, 3.8) is 0 Å². The molecule has 1 aliphatic carbocycles. The highest BCUT2D eigenvalue weighted by Crippen LogP contribution is 2.29. The standard InChI is InChI=1S/C17H29N3O2/c1-10(2)8-13(18)17-20-15(9-22-17)16(21)19-14-7-5-6-11(3)12(14)4/h9-14H,5-8,18H2,1-4H3,(H,19,21). The van der Waals surface area contributed by atoms with Gasteiger partial charge >= 0.3 is 0 Å². The lowest BCUT2D eigenvalue weighted by Crippen LogP contribution is -2.43. The summed E-state index contributed by atoms with van der Waals surface area (Å²) in [6.07, 6.45) is 5.65. The van der Waals surface area contributed by atoms with Crippen molar-refractivity contribution in [3.8, 4) is 0 Å². The van der Waals surface area contributed by atoms with Gasteiger partial charge < -0.3 is 15.5 Å². The van der Waals surface area contributed by atoms with Gasteiger partial charge in [0.25, 0.3) is 5.91 Å². The van der Waals surface area contributed by atoms with Crippen molar-refractivity contribution in [1.29, 1.82) is 0 Å². The van der Waals surface area contributed by atoms with E-state index in [1.165, 1.54) is 19.1 Å². The smallest absolute Gasteiger partial charge is 0.273 e. The lowest BCUT2D eigenvalue weighted by atomic mass is 9.78. The van der Waals surface area contributed by atoms with Crippen LogP contribution in [-0.2, 0) is 0 Å². The third-order valence-corrected chi connectivity index (χ3v) is 4.82. The van der Waals surface area contributed by atoms with Gasteiger partial charge in [-0.1, -0.05) is 40.5 Å². The number of nitrogens with one attached hydrogen (secondary N) is 1. The molecule has 0 bridgehead atoms. The van der Waals surface area contributed by atoms with E-state index in [1.54, 1.807) is 0 Å². The van der Waals surface area contributed by atoms with Crippen LogP contribution >= 0.6 is 0 Å². The first-order chi connectivity index (χ1) is 10.4. The van der Waals surface area contributed by atoms with E-state index < -0.39 is 0 Å². The number of nitrogens with two attached hydrogens (primary N) is 1. The van der Waals surface area contributed by atoms with Crippen LogP contribution in [0.15, 0.2) is 10.7 Å². The number of oxazole rings is 1. The summed E-state index contributed by atoms with van der Waals surface area (Å²) < 4.78 is 5.39. The van der Waals surface area contributed by atoms with E-state index in [0.717, 1.165) is 12.8 Å². The Morgan fingerprint density at radius 2 is 2.18 bits per heavy atom. The Hall–Kier alpha value is -1.36. The number of carbonyl (C=O) groups is 1. The number of rotatable bonds is 5. The van der Waals surface area contributed by atoms with Crippen LogP contribution < -0.4 is 11.1 Å². The maximum absolute atomic E-state index is 12.3. The second-order valence-electron chi connectivity index (χ2n) is 7.15. The number of hydrogen-bond donors (Lipinski definition) is 2. The van der Waals surface area contributed by atoms with Crippen molar-refractivity contribution in [3.05, 3.63) is 17.8 Å². The normalized spacial score (nSPS) is 26.9. The van der Waals surface area contributed by atoms with Gasteiger partial charge in [0.05, 0.1) is 6.04 Å². The maximum Gasteiger partial charge on any atom is 0.273 e. The molecule has 0 aromatic carbocycles. The van der Waals surface area contributed by atoms with Crippen molar-refractivity contribution in [2.75, 3.05) is 0 Å². The molecule has 4 atom stereocenters. The molecule has 5 nitrogen and oxygen atoms in total. The van der Waals surface area contributed by atoms with Gasteiger partial charge in [0, 0.05) is 6.04 Å². The summed E-state index contributed by atoms with van der Waals surface area (Å²) in [6, 6.07) is -0.0316. The average Bonchev–Trinajstić information content (AvgIpc) is 2.93. The quantitative estimate of drug-likeness (QED) is 0.874. The van der Waals surface area contributed by atoms with Crippen LogP contribution in [0.2, 0.25) is 0 Å². The molecule has 1 fully saturated rings.